The van der Waals surface area contributed by atoms with Crippen molar-refractivity contribution in [2.75, 3.05) is 31.1 Å². The third-order valence-corrected chi connectivity index (χ3v) is 3.97. The first-order valence-electron chi connectivity index (χ1n) is 8.09. The lowest BCUT2D eigenvalue weighted by atomic mass is 10.0. The topological polar surface area (TPSA) is 44.4 Å². The molecule has 1 aromatic rings. The zero-order valence-corrected chi connectivity index (χ0v) is 13.0. The normalized spacial score (nSPS) is 16.0. The lowest BCUT2D eigenvalue weighted by Gasteiger charge is -2.34. The predicted molar refractivity (Wildman–Crippen MR) is 87.6 cm³/mol. The van der Waals surface area contributed by atoms with E-state index in [0.717, 1.165) is 45.4 Å². The Bertz CT molecular complexity index is 413. The van der Waals surface area contributed by atoms with E-state index >= 15 is 0 Å². The van der Waals surface area contributed by atoms with E-state index in [-0.39, 0.29) is 5.91 Å². The Kier molecular flexibility index (Phi) is 6.54. The first-order chi connectivity index (χ1) is 10.3. The molecule has 2 rings (SSSR count). The van der Waals surface area contributed by atoms with Crippen LogP contribution in [0.15, 0.2) is 30.3 Å². The highest BCUT2D eigenvalue weighted by atomic mass is 16.1. The molecule has 1 aliphatic heterocycles. The molecule has 0 aliphatic carbocycles. The van der Waals surface area contributed by atoms with Gasteiger partial charge in [0.2, 0.25) is 5.91 Å². The van der Waals surface area contributed by atoms with Gasteiger partial charge in [0.25, 0.3) is 0 Å². The number of amides is 1. The van der Waals surface area contributed by atoms with Crippen LogP contribution < -0.4 is 15.5 Å². The highest BCUT2D eigenvalue weighted by Crippen LogP contribution is 2.19. The zero-order valence-electron chi connectivity index (χ0n) is 13.0. The SMILES string of the molecule is CCCNC(=O)CCNC1CCN(c2ccccc2)CC1. The maximum absolute atomic E-state index is 11.5. The van der Waals surface area contributed by atoms with Crippen molar-refractivity contribution in [2.24, 2.45) is 0 Å². The van der Waals surface area contributed by atoms with Gasteiger partial charge in [0.05, 0.1) is 0 Å². The summed E-state index contributed by atoms with van der Waals surface area (Å²) in [6.07, 6.45) is 3.87. The Morgan fingerprint density at radius 2 is 1.90 bits per heavy atom. The molecule has 1 aromatic carbocycles. The Labute approximate surface area is 127 Å². The molecule has 1 amide bonds. The summed E-state index contributed by atoms with van der Waals surface area (Å²) in [4.78, 5) is 14.0. The van der Waals surface area contributed by atoms with E-state index in [2.05, 4.69) is 52.8 Å². The van der Waals surface area contributed by atoms with Crippen molar-refractivity contribution in [3.8, 4) is 0 Å². The van der Waals surface area contributed by atoms with Crippen LogP contribution in [0.25, 0.3) is 0 Å². The van der Waals surface area contributed by atoms with Gasteiger partial charge in [-0.25, -0.2) is 0 Å². The van der Waals surface area contributed by atoms with Gasteiger partial charge < -0.3 is 15.5 Å². The highest BCUT2D eigenvalue weighted by Gasteiger charge is 2.18. The van der Waals surface area contributed by atoms with E-state index in [1.165, 1.54) is 5.69 Å². The van der Waals surface area contributed by atoms with Crippen LogP contribution in [0, 0.1) is 0 Å². The fourth-order valence-corrected chi connectivity index (χ4v) is 2.72. The molecule has 1 heterocycles. The summed E-state index contributed by atoms with van der Waals surface area (Å²) in [6, 6.07) is 11.1. The summed E-state index contributed by atoms with van der Waals surface area (Å²) in [6.45, 7) is 5.81. The van der Waals surface area contributed by atoms with Crippen molar-refractivity contribution < 1.29 is 4.79 Å². The van der Waals surface area contributed by atoms with Crippen LogP contribution in [0.5, 0.6) is 0 Å². The second-order valence-electron chi connectivity index (χ2n) is 5.65. The van der Waals surface area contributed by atoms with Crippen LogP contribution >= 0.6 is 0 Å². The highest BCUT2D eigenvalue weighted by molar-refractivity contribution is 5.75. The molecule has 2 N–H and O–H groups in total. The molecule has 0 bridgehead atoms. The molecule has 0 aromatic heterocycles. The lowest BCUT2D eigenvalue weighted by molar-refractivity contribution is -0.121. The number of hydrogen-bond acceptors (Lipinski definition) is 3. The second kappa shape index (κ2) is 8.67. The molecule has 0 spiro atoms. The number of nitrogens with one attached hydrogen (secondary N) is 2. The maximum atomic E-state index is 11.5. The van der Waals surface area contributed by atoms with Crippen molar-refractivity contribution in [2.45, 2.75) is 38.6 Å². The molecule has 0 saturated carbocycles. The summed E-state index contributed by atoms with van der Waals surface area (Å²) in [5.41, 5.74) is 1.31. The Morgan fingerprint density at radius 3 is 2.57 bits per heavy atom. The van der Waals surface area contributed by atoms with E-state index in [1.54, 1.807) is 0 Å². The van der Waals surface area contributed by atoms with Crippen molar-refractivity contribution in [1.82, 2.24) is 10.6 Å². The summed E-state index contributed by atoms with van der Waals surface area (Å²) in [7, 11) is 0. The van der Waals surface area contributed by atoms with Gasteiger partial charge in [0.15, 0.2) is 0 Å². The van der Waals surface area contributed by atoms with Gasteiger partial charge in [-0.1, -0.05) is 25.1 Å². The molecule has 21 heavy (non-hydrogen) atoms. The standard InChI is InChI=1S/C17H27N3O/c1-2-11-19-17(21)8-12-18-15-9-13-20(14-10-15)16-6-4-3-5-7-16/h3-7,15,18H,2,8-14H2,1H3,(H,19,21). The molecular weight excluding hydrogens is 262 g/mol. The van der Waals surface area contributed by atoms with E-state index in [4.69, 9.17) is 0 Å². The average molecular weight is 289 g/mol. The smallest absolute Gasteiger partial charge is 0.221 e. The predicted octanol–water partition coefficient (Wildman–Crippen LogP) is 2.16. The number of nitrogens with zero attached hydrogens (tertiary/aromatic N) is 1. The van der Waals surface area contributed by atoms with Crippen LogP contribution in [0.2, 0.25) is 0 Å². The molecule has 4 heteroatoms. The summed E-state index contributed by atoms with van der Waals surface area (Å²) < 4.78 is 0. The van der Waals surface area contributed by atoms with E-state index in [1.807, 2.05) is 0 Å². The summed E-state index contributed by atoms with van der Waals surface area (Å²) >= 11 is 0. The molecule has 0 atom stereocenters. The first-order valence-corrected chi connectivity index (χ1v) is 8.09. The lowest BCUT2D eigenvalue weighted by Crippen LogP contribution is -2.43. The van der Waals surface area contributed by atoms with Crippen LogP contribution in [-0.4, -0.2) is 38.1 Å². The van der Waals surface area contributed by atoms with Crippen LogP contribution in [0.1, 0.15) is 32.6 Å². The third-order valence-electron chi connectivity index (χ3n) is 3.97. The molecule has 0 radical (unpaired) electrons. The van der Waals surface area contributed by atoms with Crippen molar-refractivity contribution in [3.63, 3.8) is 0 Å². The number of hydrogen-bond donors (Lipinski definition) is 2. The third kappa shape index (κ3) is 5.38. The van der Waals surface area contributed by atoms with Crippen LogP contribution in [0.3, 0.4) is 0 Å². The number of para-hydroxylation sites is 1. The van der Waals surface area contributed by atoms with E-state index in [9.17, 15) is 4.79 Å². The number of carbonyl (C=O) groups excluding carboxylic acids is 1. The van der Waals surface area contributed by atoms with Gasteiger partial charge >= 0.3 is 0 Å². The van der Waals surface area contributed by atoms with Crippen LogP contribution in [0.4, 0.5) is 5.69 Å². The minimum atomic E-state index is 0.158. The molecule has 1 saturated heterocycles. The minimum Gasteiger partial charge on any atom is -0.371 e. The van der Waals surface area contributed by atoms with Gasteiger partial charge in [-0.2, -0.15) is 0 Å². The second-order valence-corrected chi connectivity index (χ2v) is 5.65. The number of carbonyl (C=O) groups is 1. The monoisotopic (exact) mass is 289 g/mol. The summed E-state index contributed by atoms with van der Waals surface area (Å²) in [5, 5.41) is 6.42. The fraction of sp³-hybridized carbons (Fsp3) is 0.588. The Balaban J connectivity index is 1.62. The number of anilines is 1. The Morgan fingerprint density at radius 1 is 1.19 bits per heavy atom. The molecule has 4 nitrogen and oxygen atoms in total. The first kappa shape index (κ1) is 15.8. The van der Waals surface area contributed by atoms with E-state index in [0.29, 0.717) is 12.5 Å². The molecule has 0 unspecified atom stereocenters. The van der Waals surface area contributed by atoms with Crippen molar-refractivity contribution in [1.29, 1.82) is 0 Å². The average Bonchev–Trinajstić information content (AvgIpc) is 2.54. The minimum absolute atomic E-state index is 0.158. The summed E-state index contributed by atoms with van der Waals surface area (Å²) in [5.74, 6) is 0.158. The van der Waals surface area contributed by atoms with Crippen molar-refractivity contribution >= 4 is 11.6 Å². The van der Waals surface area contributed by atoms with Gasteiger partial charge in [-0.15, -0.1) is 0 Å². The largest absolute Gasteiger partial charge is 0.371 e. The number of benzene rings is 1. The van der Waals surface area contributed by atoms with Gasteiger partial charge in [-0.3, -0.25) is 4.79 Å². The molecule has 116 valence electrons. The fourth-order valence-electron chi connectivity index (χ4n) is 2.72. The van der Waals surface area contributed by atoms with Gasteiger partial charge in [-0.05, 0) is 31.4 Å². The quantitative estimate of drug-likeness (QED) is 0.808. The van der Waals surface area contributed by atoms with Gasteiger partial charge in [0, 0.05) is 44.3 Å². The van der Waals surface area contributed by atoms with Gasteiger partial charge in [0.1, 0.15) is 0 Å². The zero-order chi connectivity index (χ0) is 14.9. The van der Waals surface area contributed by atoms with E-state index < -0.39 is 0 Å². The van der Waals surface area contributed by atoms with Crippen LogP contribution in [-0.2, 0) is 4.79 Å². The number of rotatable bonds is 7. The molecule has 1 fully saturated rings. The number of piperidine rings is 1. The van der Waals surface area contributed by atoms with Crippen molar-refractivity contribution in [3.05, 3.63) is 30.3 Å². The Hall–Kier alpha value is -1.55. The maximum Gasteiger partial charge on any atom is 0.221 e. The molecule has 1 aliphatic rings. The molecular formula is C17H27N3O.